The minimum absolute atomic E-state index is 0.0179. The van der Waals surface area contributed by atoms with Gasteiger partial charge < -0.3 is 10.0 Å². The predicted octanol–water partition coefficient (Wildman–Crippen LogP) is 4.59. The summed E-state index contributed by atoms with van der Waals surface area (Å²) in [7, 11) is 0.0179. The first-order valence-corrected chi connectivity index (χ1v) is 12.2. The molecule has 0 bridgehead atoms. The fourth-order valence-electron chi connectivity index (χ4n) is 4.69. The van der Waals surface area contributed by atoms with E-state index < -0.39 is 5.60 Å². The van der Waals surface area contributed by atoms with Crippen LogP contribution in [0.1, 0.15) is 52.9 Å². The van der Waals surface area contributed by atoms with Crippen LogP contribution in [-0.2, 0) is 11.5 Å². The van der Waals surface area contributed by atoms with Crippen LogP contribution >= 0.6 is 10.9 Å². The van der Waals surface area contributed by atoms with E-state index in [1.54, 1.807) is 0 Å². The van der Waals surface area contributed by atoms with Crippen molar-refractivity contribution in [3.63, 3.8) is 0 Å². The van der Waals surface area contributed by atoms with Crippen LogP contribution in [-0.4, -0.2) is 34.1 Å². The number of benzene rings is 2. The molecule has 2 aromatic carbocycles. The van der Waals surface area contributed by atoms with Crippen LogP contribution in [0.3, 0.4) is 0 Å². The van der Waals surface area contributed by atoms with E-state index in [2.05, 4.69) is 32.0 Å². The van der Waals surface area contributed by atoms with Gasteiger partial charge in [0, 0.05) is 35.7 Å². The summed E-state index contributed by atoms with van der Waals surface area (Å²) < 4.78 is 0. The quantitative estimate of drug-likeness (QED) is 0.715. The minimum Gasteiger partial charge on any atom is -0.374 e. The van der Waals surface area contributed by atoms with Gasteiger partial charge in [0.15, 0.2) is 5.60 Å². The molecule has 3 aliphatic rings. The molecular formula is C24H28N2O2S. The van der Waals surface area contributed by atoms with Gasteiger partial charge in [0.25, 0.3) is 0 Å². The lowest BCUT2D eigenvalue weighted by molar-refractivity contribution is 0.0602. The lowest BCUT2D eigenvalue weighted by Crippen LogP contribution is -2.48. The molecule has 2 atom stereocenters. The first kappa shape index (κ1) is 18.9. The number of ketones is 1. The maximum absolute atomic E-state index is 13.2. The number of amidine groups is 1. The summed E-state index contributed by atoms with van der Waals surface area (Å²) in [5.74, 6) is 2.65. The van der Waals surface area contributed by atoms with Crippen molar-refractivity contribution < 1.29 is 9.90 Å². The van der Waals surface area contributed by atoms with Crippen molar-refractivity contribution in [3.8, 4) is 0 Å². The third-order valence-electron chi connectivity index (χ3n) is 6.76. The summed E-state index contributed by atoms with van der Waals surface area (Å²) in [5.41, 5.74) is 5.78. The Balaban J connectivity index is 1.56. The van der Waals surface area contributed by atoms with Crippen molar-refractivity contribution in [2.75, 3.05) is 11.4 Å². The molecule has 0 amide bonds. The zero-order valence-electron chi connectivity index (χ0n) is 17.5. The third kappa shape index (κ3) is 2.78. The number of rotatable bonds is 2. The van der Waals surface area contributed by atoms with Crippen LogP contribution in [0.25, 0.3) is 0 Å². The SMILES string of the molecule is Cc1cc2c(cc1C)C(=O)[C@]1(O)CCN(c3ccc4c(c3)C[SH](C(C)C)C4)C1=N2. The Kier molecular flexibility index (Phi) is 4.20. The molecule has 0 saturated carbocycles. The number of fused-ring (bicyclic) bond motifs is 3. The average Bonchev–Trinajstić information content (AvgIpc) is 3.25. The van der Waals surface area contributed by atoms with E-state index in [-0.39, 0.29) is 16.7 Å². The van der Waals surface area contributed by atoms with E-state index in [1.807, 2.05) is 30.9 Å². The van der Waals surface area contributed by atoms with Gasteiger partial charge in [-0.1, -0.05) is 19.9 Å². The first-order chi connectivity index (χ1) is 13.8. The molecule has 1 N–H and O–H groups in total. The monoisotopic (exact) mass is 408 g/mol. The Bertz CT molecular complexity index is 1070. The van der Waals surface area contributed by atoms with Gasteiger partial charge in [0.2, 0.25) is 5.78 Å². The van der Waals surface area contributed by atoms with Gasteiger partial charge in [-0.2, -0.15) is 0 Å². The lowest BCUT2D eigenvalue weighted by Gasteiger charge is -2.30. The number of Topliss-reactive ketones (excluding diaryl/α,β-unsaturated/α-hetero) is 1. The van der Waals surface area contributed by atoms with E-state index in [9.17, 15) is 9.90 Å². The van der Waals surface area contributed by atoms with Crippen molar-refractivity contribution in [1.29, 1.82) is 0 Å². The van der Waals surface area contributed by atoms with Gasteiger partial charge in [-0.25, -0.2) is 15.9 Å². The molecule has 5 heteroatoms. The van der Waals surface area contributed by atoms with Gasteiger partial charge in [0.05, 0.1) is 5.69 Å². The molecule has 1 unspecified atom stereocenters. The van der Waals surface area contributed by atoms with Crippen molar-refractivity contribution >= 4 is 33.9 Å². The first-order valence-electron chi connectivity index (χ1n) is 10.4. The molecule has 3 aliphatic heterocycles. The second-order valence-corrected chi connectivity index (χ2v) is 11.8. The number of thiol groups is 1. The molecule has 4 nitrogen and oxygen atoms in total. The van der Waals surface area contributed by atoms with Crippen LogP contribution in [0.5, 0.6) is 0 Å². The number of aryl methyl sites for hydroxylation is 2. The molecule has 0 aliphatic carbocycles. The average molecular weight is 409 g/mol. The molecule has 3 heterocycles. The molecule has 2 aromatic rings. The second kappa shape index (κ2) is 6.44. The minimum atomic E-state index is -1.52. The summed E-state index contributed by atoms with van der Waals surface area (Å²) >= 11 is 0. The Morgan fingerprint density at radius 3 is 2.59 bits per heavy atom. The highest BCUT2D eigenvalue weighted by molar-refractivity contribution is 8.16. The van der Waals surface area contributed by atoms with Crippen molar-refractivity contribution in [1.82, 2.24) is 0 Å². The molecule has 1 fully saturated rings. The maximum atomic E-state index is 13.2. The van der Waals surface area contributed by atoms with Crippen LogP contribution in [0.2, 0.25) is 0 Å². The van der Waals surface area contributed by atoms with Crippen molar-refractivity contribution in [2.24, 2.45) is 4.99 Å². The number of hydrogen-bond acceptors (Lipinski definition) is 4. The largest absolute Gasteiger partial charge is 0.374 e. The van der Waals surface area contributed by atoms with E-state index in [4.69, 9.17) is 4.99 Å². The normalized spacial score (nSPS) is 26.4. The van der Waals surface area contributed by atoms with Crippen molar-refractivity contribution in [2.45, 2.75) is 56.5 Å². The molecule has 152 valence electrons. The fourth-order valence-corrected chi connectivity index (χ4v) is 7.01. The van der Waals surface area contributed by atoms with Crippen LogP contribution in [0.15, 0.2) is 35.3 Å². The Morgan fingerprint density at radius 2 is 1.83 bits per heavy atom. The molecule has 1 saturated heterocycles. The number of carbonyl (C=O) groups excluding carboxylic acids is 1. The number of carbonyl (C=O) groups is 1. The smallest absolute Gasteiger partial charge is 0.204 e. The zero-order valence-corrected chi connectivity index (χ0v) is 18.4. The van der Waals surface area contributed by atoms with E-state index in [0.717, 1.165) is 22.1 Å². The van der Waals surface area contributed by atoms with Gasteiger partial charge in [-0.15, -0.1) is 0 Å². The van der Waals surface area contributed by atoms with Gasteiger partial charge in [-0.05, 0) is 65.6 Å². The van der Waals surface area contributed by atoms with E-state index >= 15 is 0 Å². The van der Waals surface area contributed by atoms with Gasteiger partial charge >= 0.3 is 0 Å². The zero-order chi connectivity index (χ0) is 20.5. The summed E-state index contributed by atoms with van der Waals surface area (Å²) in [4.78, 5) is 20.1. The predicted molar refractivity (Wildman–Crippen MR) is 122 cm³/mol. The Labute approximate surface area is 175 Å². The highest BCUT2D eigenvalue weighted by atomic mass is 32.2. The summed E-state index contributed by atoms with van der Waals surface area (Å²) in [5, 5.41) is 12.0. The molecular weight excluding hydrogens is 380 g/mol. The van der Waals surface area contributed by atoms with Crippen molar-refractivity contribution in [3.05, 3.63) is 58.1 Å². The van der Waals surface area contributed by atoms with Gasteiger partial charge in [-0.3, -0.25) is 4.79 Å². The highest BCUT2D eigenvalue weighted by Gasteiger charge is 2.52. The summed E-state index contributed by atoms with van der Waals surface area (Å²) in [6.45, 7) is 9.26. The van der Waals surface area contributed by atoms with Crippen LogP contribution in [0, 0.1) is 13.8 Å². The highest BCUT2D eigenvalue weighted by Crippen LogP contribution is 2.48. The second-order valence-electron chi connectivity index (χ2n) is 8.93. The van der Waals surface area contributed by atoms with Crippen LogP contribution < -0.4 is 4.90 Å². The molecule has 5 rings (SSSR count). The molecule has 0 aromatic heterocycles. The lowest BCUT2D eigenvalue weighted by atomic mass is 9.86. The standard InChI is InChI=1S/C24H28N2O2S/c1-14(2)29-12-17-5-6-19(11-18(17)13-29)26-8-7-24(28)22(27)20-9-15(3)16(4)10-21(20)25-23(24)26/h5-6,9-11,14,28-29H,7-8,12-13H2,1-4H3/t24-/m1/s1. The number of nitrogens with zero attached hydrogens (tertiary/aromatic N) is 2. The number of hydrogen-bond donors (Lipinski definition) is 2. The van der Waals surface area contributed by atoms with E-state index in [0.29, 0.717) is 30.1 Å². The van der Waals surface area contributed by atoms with E-state index in [1.165, 1.54) is 22.6 Å². The molecule has 29 heavy (non-hydrogen) atoms. The Morgan fingerprint density at radius 1 is 1.10 bits per heavy atom. The molecule has 0 spiro atoms. The number of aliphatic imine (C=N–C) groups is 1. The van der Waals surface area contributed by atoms with Gasteiger partial charge in [0.1, 0.15) is 5.84 Å². The number of aliphatic hydroxyl groups is 1. The third-order valence-corrected chi connectivity index (χ3v) is 9.71. The topological polar surface area (TPSA) is 52.9 Å². The summed E-state index contributed by atoms with van der Waals surface area (Å²) in [6, 6.07) is 10.5. The summed E-state index contributed by atoms with van der Waals surface area (Å²) in [6.07, 6.45) is 0.382. The fraction of sp³-hybridized carbons (Fsp3) is 0.417. The Hall–Kier alpha value is -2.11. The molecule has 0 radical (unpaired) electrons. The number of anilines is 1. The van der Waals surface area contributed by atoms with Crippen LogP contribution in [0.4, 0.5) is 11.4 Å². The maximum Gasteiger partial charge on any atom is 0.204 e.